The largest absolute Gasteiger partial charge is 0.494 e. The van der Waals surface area contributed by atoms with Gasteiger partial charge in [-0.15, -0.1) is 0 Å². The fourth-order valence-corrected chi connectivity index (χ4v) is 2.98. The first-order valence-electron chi connectivity index (χ1n) is 8.96. The maximum Gasteiger partial charge on any atom is 0.340 e. The zero-order chi connectivity index (χ0) is 18.1. The van der Waals surface area contributed by atoms with Crippen LogP contribution >= 0.6 is 23.2 Å². The molecule has 4 nitrogen and oxygen atoms in total. The SMILES string of the molecule is CCOC(=O)C1(CCCCCCCCOc2ccc(Cl)c(Cl)c2)CO1. The molecule has 1 fully saturated rings. The first kappa shape index (κ1) is 20.3. The van der Waals surface area contributed by atoms with E-state index in [0.717, 1.165) is 50.7 Å². The number of epoxide rings is 1. The second-order valence-electron chi connectivity index (χ2n) is 6.30. The number of carbonyl (C=O) groups excluding carboxylic acids is 1. The fraction of sp³-hybridized carbons (Fsp3) is 0.632. The molecule has 1 saturated heterocycles. The lowest BCUT2D eigenvalue weighted by Gasteiger charge is -2.10. The van der Waals surface area contributed by atoms with Crippen molar-refractivity contribution in [2.75, 3.05) is 19.8 Å². The average Bonchev–Trinajstić information content (AvgIpc) is 3.38. The third kappa shape index (κ3) is 6.69. The third-order valence-electron chi connectivity index (χ3n) is 4.27. The minimum absolute atomic E-state index is 0.200. The van der Waals surface area contributed by atoms with Gasteiger partial charge in [0.1, 0.15) is 5.75 Å². The first-order chi connectivity index (χ1) is 12.1. The number of ether oxygens (including phenoxy) is 3. The van der Waals surface area contributed by atoms with Crippen LogP contribution in [0.2, 0.25) is 10.0 Å². The molecular formula is C19H26Cl2O4. The van der Waals surface area contributed by atoms with Gasteiger partial charge in [0, 0.05) is 6.07 Å². The van der Waals surface area contributed by atoms with Crippen LogP contribution in [0.5, 0.6) is 5.75 Å². The van der Waals surface area contributed by atoms with Crippen LogP contribution in [0.15, 0.2) is 18.2 Å². The number of unbranched alkanes of at least 4 members (excludes halogenated alkanes) is 5. The topological polar surface area (TPSA) is 48.1 Å². The number of rotatable bonds is 12. The van der Waals surface area contributed by atoms with Crippen LogP contribution in [-0.2, 0) is 14.3 Å². The van der Waals surface area contributed by atoms with E-state index in [1.165, 1.54) is 0 Å². The van der Waals surface area contributed by atoms with Crippen LogP contribution in [0.25, 0.3) is 0 Å². The molecule has 1 aromatic rings. The molecule has 0 radical (unpaired) electrons. The summed E-state index contributed by atoms with van der Waals surface area (Å²) in [6, 6.07) is 5.31. The van der Waals surface area contributed by atoms with Gasteiger partial charge in [-0.05, 0) is 38.3 Å². The van der Waals surface area contributed by atoms with Crippen LogP contribution in [0.3, 0.4) is 0 Å². The molecule has 1 aliphatic rings. The van der Waals surface area contributed by atoms with Crippen LogP contribution in [0.1, 0.15) is 51.9 Å². The molecular weight excluding hydrogens is 363 g/mol. The molecule has 0 bridgehead atoms. The summed E-state index contributed by atoms with van der Waals surface area (Å²) in [7, 11) is 0. The van der Waals surface area contributed by atoms with E-state index >= 15 is 0 Å². The smallest absolute Gasteiger partial charge is 0.340 e. The number of benzene rings is 1. The van der Waals surface area contributed by atoms with E-state index in [2.05, 4.69) is 0 Å². The predicted molar refractivity (Wildman–Crippen MR) is 99.6 cm³/mol. The fourth-order valence-electron chi connectivity index (χ4n) is 2.69. The Labute approximate surface area is 159 Å². The quantitative estimate of drug-likeness (QED) is 0.272. The second-order valence-corrected chi connectivity index (χ2v) is 7.11. The maximum atomic E-state index is 11.7. The summed E-state index contributed by atoms with van der Waals surface area (Å²) in [6.45, 7) is 3.42. The van der Waals surface area contributed by atoms with Gasteiger partial charge in [0.15, 0.2) is 5.60 Å². The molecule has 1 aliphatic heterocycles. The third-order valence-corrected chi connectivity index (χ3v) is 5.01. The Morgan fingerprint density at radius 2 is 1.80 bits per heavy atom. The highest BCUT2D eigenvalue weighted by atomic mass is 35.5. The molecule has 0 aromatic heterocycles. The predicted octanol–water partition coefficient (Wildman–Crippen LogP) is 5.44. The van der Waals surface area contributed by atoms with Crippen molar-refractivity contribution in [3.63, 3.8) is 0 Å². The number of hydrogen-bond donors (Lipinski definition) is 0. The van der Waals surface area contributed by atoms with Crippen LogP contribution in [0, 0.1) is 0 Å². The van der Waals surface area contributed by atoms with Crippen molar-refractivity contribution in [1.82, 2.24) is 0 Å². The summed E-state index contributed by atoms with van der Waals surface area (Å²) in [5, 5.41) is 1.05. The molecule has 1 aromatic carbocycles. The molecule has 1 atom stereocenters. The van der Waals surface area contributed by atoms with Crippen molar-refractivity contribution < 1.29 is 19.0 Å². The molecule has 0 saturated carbocycles. The lowest BCUT2D eigenvalue weighted by atomic mass is 10.0. The van der Waals surface area contributed by atoms with E-state index < -0.39 is 5.60 Å². The van der Waals surface area contributed by atoms with Gasteiger partial charge in [-0.25, -0.2) is 4.79 Å². The highest BCUT2D eigenvalue weighted by Crippen LogP contribution is 2.34. The Bertz CT molecular complexity index is 558. The average molecular weight is 389 g/mol. The lowest BCUT2D eigenvalue weighted by molar-refractivity contribution is -0.149. The lowest BCUT2D eigenvalue weighted by Crippen LogP contribution is -2.27. The van der Waals surface area contributed by atoms with Gasteiger partial charge in [0.05, 0.1) is 29.9 Å². The minimum atomic E-state index is -0.621. The van der Waals surface area contributed by atoms with Gasteiger partial charge in [0.25, 0.3) is 0 Å². The highest BCUT2D eigenvalue weighted by Gasteiger charge is 2.52. The van der Waals surface area contributed by atoms with E-state index in [4.69, 9.17) is 37.4 Å². The molecule has 6 heteroatoms. The normalized spacial score (nSPS) is 18.8. The Hall–Kier alpha value is -0.970. The second kappa shape index (κ2) is 10.2. The molecule has 1 heterocycles. The Kier molecular flexibility index (Phi) is 8.34. The Balaban J connectivity index is 1.46. The molecule has 0 amide bonds. The van der Waals surface area contributed by atoms with Gasteiger partial charge >= 0.3 is 5.97 Å². The molecule has 0 N–H and O–H groups in total. The van der Waals surface area contributed by atoms with E-state index in [9.17, 15) is 4.79 Å². The number of halogens is 2. The minimum Gasteiger partial charge on any atom is -0.494 e. The van der Waals surface area contributed by atoms with Crippen molar-refractivity contribution in [3.05, 3.63) is 28.2 Å². The van der Waals surface area contributed by atoms with Gasteiger partial charge in [-0.2, -0.15) is 0 Å². The van der Waals surface area contributed by atoms with Crippen molar-refractivity contribution in [3.8, 4) is 5.75 Å². The van der Waals surface area contributed by atoms with E-state index in [0.29, 0.717) is 29.9 Å². The molecule has 2 rings (SSSR count). The standard InChI is InChI=1S/C19H26Cl2O4/c1-2-23-18(22)19(14-25-19)11-7-5-3-4-6-8-12-24-15-9-10-16(20)17(21)13-15/h9-10,13H,2-8,11-12,14H2,1H3. The Morgan fingerprint density at radius 3 is 2.44 bits per heavy atom. The summed E-state index contributed by atoms with van der Waals surface area (Å²) in [6.07, 6.45) is 7.34. The summed E-state index contributed by atoms with van der Waals surface area (Å²) < 4.78 is 16.0. The van der Waals surface area contributed by atoms with Crippen LogP contribution in [-0.4, -0.2) is 31.4 Å². The summed E-state index contributed by atoms with van der Waals surface area (Å²) in [5.41, 5.74) is -0.621. The number of esters is 1. The zero-order valence-corrected chi connectivity index (χ0v) is 16.2. The van der Waals surface area contributed by atoms with Crippen LogP contribution < -0.4 is 4.74 Å². The van der Waals surface area contributed by atoms with Crippen molar-refractivity contribution in [2.45, 2.75) is 57.5 Å². The highest BCUT2D eigenvalue weighted by molar-refractivity contribution is 6.42. The monoisotopic (exact) mass is 388 g/mol. The first-order valence-corrected chi connectivity index (χ1v) is 9.72. The van der Waals surface area contributed by atoms with Gasteiger partial charge < -0.3 is 14.2 Å². The van der Waals surface area contributed by atoms with E-state index in [1.807, 2.05) is 13.0 Å². The van der Waals surface area contributed by atoms with Crippen LogP contribution in [0.4, 0.5) is 0 Å². The summed E-state index contributed by atoms with van der Waals surface area (Å²) in [4.78, 5) is 11.7. The van der Waals surface area contributed by atoms with E-state index in [1.54, 1.807) is 12.1 Å². The molecule has 25 heavy (non-hydrogen) atoms. The summed E-state index contributed by atoms with van der Waals surface area (Å²) in [5.74, 6) is 0.553. The Morgan fingerprint density at radius 1 is 1.12 bits per heavy atom. The molecule has 1 unspecified atom stereocenters. The number of hydrogen-bond acceptors (Lipinski definition) is 4. The van der Waals surface area contributed by atoms with Gasteiger partial charge in [0.2, 0.25) is 0 Å². The van der Waals surface area contributed by atoms with Gasteiger partial charge in [-0.1, -0.05) is 48.9 Å². The molecule has 0 spiro atoms. The maximum absolute atomic E-state index is 11.7. The molecule has 0 aliphatic carbocycles. The van der Waals surface area contributed by atoms with Gasteiger partial charge in [-0.3, -0.25) is 0 Å². The van der Waals surface area contributed by atoms with Crippen molar-refractivity contribution in [1.29, 1.82) is 0 Å². The van der Waals surface area contributed by atoms with E-state index in [-0.39, 0.29) is 5.97 Å². The number of carbonyl (C=O) groups is 1. The molecule has 140 valence electrons. The zero-order valence-electron chi connectivity index (χ0n) is 14.7. The van der Waals surface area contributed by atoms with Crippen molar-refractivity contribution >= 4 is 29.2 Å². The van der Waals surface area contributed by atoms with Crippen molar-refractivity contribution in [2.24, 2.45) is 0 Å². The summed E-state index contributed by atoms with van der Waals surface area (Å²) >= 11 is 11.8.